The fraction of sp³-hybridized carbons (Fsp3) is 0.826. The van der Waals surface area contributed by atoms with Gasteiger partial charge in [0.25, 0.3) is 10.1 Å². The Morgan fingerprint density at radius 2 is 1.29 bits per heavy atom. The average molecular weight is 416 g/mol. The maximum Gasteiger partial charge on any atom is 0.266 e. The third-order valence-electron chi connectivity index (χ3n) is 5.04. The van der Waals surface area contributed by atoms with E-state index in [1.807, 2.05) is 4.90 Å². The summed E-state index contributed by atoms with van der Waals surface area (Å²) in [5.74, 6) is -0.201. The van der Waals surface area contributed by atoms with Gasteiger partial charge < -0.3 is 0 Å². The molecule has 0 radical (unpaired) electrons. The summed E-state index contributed by atoms with van der Waals surface area (Å²) in [6.07, 6.45) is 24.5. The molecule has 0 fully saturated rings. The van der Waals surface area contributed by atoms with Crippen molar-refractivity contribution in [3.8, 4) is 0 Å². The number of unbranched alkanes of at least 4 members (excludes halogenated alkanes) is 12. The van der Waals surface area contributed by atoms with Gasteiger partial charge in [-0.3, -0.25) is 9.45 Å². The average Bonchev–Trinajstić information content (AvgIpc) is 2.65. The molecular formula is C23H45NO3S. The molecule has 0 unspecified atom stereocenters. The second-order valence-electron chi connectivity index (χ2n) is 7.81. The standard InChI is InChI=1S/C23H45NO3S/c1-3-5-6-7-8-9-10-11-12-13-14-15-16-17-18-19-21-24(20-4-2)22-23-28(25,26)27/h4,11-12H,2-3,5-10,13-23H2,1H3,(H,25,26,27)/b12-11-. The second kappa shape index (κ2) is 19.7. The minimum atomic E-state index is -3.88. The Labute approximate surface area is 175 Å². The molecule has 5 heteroatoms. The van der Waals surface area contributed by atoms with E-state index < -0.39 is 10.1 Å². The Kier molecular flexibility index (Phi) is 19.2. The highest BCUT2D eigenvalue weighted by Gasteiger charge is 2.09. The van der Waals surface area contributed by atoms with Gasteiger partial charge in [-0.1, -0.05) is 82.9 Å². The zero-order chi connectivity index (χ0) is 20.9. The first kappa shape index (κ1) is 27.4. The molecule has 0 aliphatic heterocycles. The first-order valence-electron chi connectivity index (χ1n) is 11.4. The molecular weight excluding hydrogens is 370 g/mol. The highest BCUT2D eigenvalue weighted by Crippen LogP contribution is 2.10. The maximum atomic E-state index is 10.9. The van der Waals surface area contributed by atoms with Gasteiger partial charge in [0.05, 0.1) is 5.75 Å². The molecule has 0 aromatic carbocycles. The normalized spacial score (nSPS) is 12.2. The lowest BCUT2D eigenvalue weighted by atomic mass is 10.1. The summed E-state index contributed by atoms with van der Waals surface area (Å²) in [7, 11) is -3.88. The van der Waals surface area contributed by atoms with Gasteiger partial charge >= 0.3 is 0 Å². The van der Waals surface area contributed by atoms with Crippen LogP contribution in [-0.2, 0) is 10.1 Å². The number of hydrogen-bond donors (Lipinski definition) is 1. The van der Waals surface area contributed by atoms with Gasteiger partial charge in [-0.2, -0.15) is 8.42 Å². The predicted molar refractivity (Wildman–Crippen MR) is 123 cm³/mol. The Hall–Kier alpha value is -0.650. The number of rotatable bonds is 21. The lowest BCUT2D eigenvalue weighted by Gasteiger charge is -2.19. The summed E-state index contributed by atoms with van der Waals surface area (Å²) in [4.78, 5) is 2.04. The lowest BCUT2D eigenvalue weighted by Crippen LogP contribution is -2.30. The fourth-order valence-corrected chi connectivity index (χ4v) is 3.79. The predicted octanol–water partition coefficient (Wildman–Crippen LogP) is 6.40. The van der Waals surface area contributed by atoms with Crippen LogP contribution in [0.25, 0.3) is 0 Å². The van der Waals surface area contributed by atoms with Crippen molar-refractivity contribution in [2.24, 2.45) is 0 Å². The Morgan fingerprint density at radius 1 is 0.786 bits per heavy atom. The fourth-order valence-electron chi connectivity index (χ4n) is 3.30. The van der Waals surface area contributed by atoms with E-state index in [1.54, 1.807) is 6.08 Å². The zero-order valence-electron chi connectivity index (χ0n) is 18.3. The van der Waals surface area contributed by atoms with E-state index >= 15 is 0 Å². The largest absolute Gasteiger partial charge is 0.299 e. The number of allylic oxidation sites excluding steroid dienone is 2. The van der Waals surface area contributed by atoms with Crippen molar-refractivity contribution < 1.29 is 13.0 Å². The van der Waals surface area contributed by atoms with Crippen molar-refractivity contribution in [2.45, 2.75) is 96.8 Å². The van der Waals surface area contributed by atoms with Crippen LogP contribution in [0.5, 0.6) is 0 Å². The number of hydrogen-bond acceptors (Lipinski definition) is 3. The van der Waals surface area contributed by atoms with Crippen molar-refractivity contribution in [1.29, 1.82) is 0 Å². The van der Waals surface area contributed by atoms with Crippen LogP contribution in [0, 0.1) is 0 Å². The van der Waals surface area contributed by atoms with E-state index in [4.69, 9.17) is 4.55 Å². The van der Waals surface area contributed by atoms with Crippen molar-refractivity contribution in [3.05, 3.63) is 24.8 Å². The maximum absolute atomic E-state index is 10.9. The summed E-state index contributed by atoms with van der Waals surface area (Å²) in [5, 5.41) is 0. The van der Waals surface area contributed by atoms with Gasteiger partial charge in [0.15, 0.2) is 0 Å². The molecule has 0 aliphatic rings. The van der Waals surface area contributed by atoms with Gasteiger partial charge in [-0.05, 0) is 38.6 Å². The summed E-state index contributed by atoms with van der Waals surface area (Å²) in [5.41, 5.74) is 0. The van der Waals surface area contributed by atoms with Crippen LogP contribution in [0.4, 0.5) is 0 Å². The van der Waals surface area contributed by atoms with Crippen LogP contribution in [-0.4, -0.2) is 43.3 Å². The van der Waals surface area contributed by atoms with E-state index in [0.29, 0.717) is 13.1 Å². The van der Waals surface area contributed by atoms with Crippen LogP contribution in [0.2, 0.25) is 0 Å². The molecule has 4 nitrogen and oxygen atoms in total. The van der Waals surface area contributed by atoms with Crippen LogP contribution in [0.3, 0.4) is 0 Å². The highest BCUT2D eigenvalue weighted by atomic mass is 32.2. The van der Waals surface area contributed by atoms with E-state index in [-0.39, 0.29) is 5.75 Å². The molecule has 0 aliphatic carbocycles. The molecule has 0 aromatic heterocycles. The smallest absolute Gasteiger partial charge is 0.266 e. The van der Waals surface area contributed by atoms with Gasteiger partial charge in [0, 0.05) is 13.1 Å². The molecule has 0 spiro atoms. The van der Waals surface area contributed by atoms with Crippen molar-refractivity contribution in [2.75, 3.05) is 25.4 Å². The van der Waals surface area contributed by atoms with Crippen LogP contribution < -0.4 is 0 Å². The molecule has 0 aromatic rings. The van der Waals surface area contributed by atoms with Crippen molar-refractivity contribution >= 4 is 10.1 Å². The van der Waals surface area contributed by atoms with Gasteiger partial charge in [-0.25, -0.2) is 0 Å². The Bertz CT molecular complexity index is 474. The topological polar surface area (TPSA) is 57.6 Å². The molecule has 1 N–H and O–H groups in total. The molecule has 0 amide bonds. The van der Waals surface area contributed by atoms with Crippen molar-refractivity contribution in [1.82, 2.24) is 4.90 Å². The molecule has 166 valence electrons. The molecule has 0 bridgehead atoms. The van der Waals surface area contributed by atoms with E-state index in [2.05, 4.69) is 25.7 Å². The van der Waals surface area contributed by atoms with E-state index in [0.717, 1.165) is 13.0 Å². The summed E-state index contributed by atoms with van der Waals surface area (Å²) >= 11 is 0. The molecule has 28 heavy (non-hydrogen) atoms. The number of nitrogens with zero attached hydrogens (tertiary/aromatic N) is 1. The monoisotopic (exact) mass is 415 g/mol. The summed E-state index contributed by atoms with van der Waals surface area (Å²) in [6, 6.07) is 0. The first-order chi connectivity index (χ1) is 13.5. The Morgan fingerprint density at radius 3 is 1.79 bits per heavy atom. The first-order valence-corrected chi connectivity index (χ1v) is 13.0. The molecule has 0 rings (SSSR count). The Balaban J connectivity index is 3.45. The van der Waals surface area contributed by atoms with Crippen molar-refractivity contribution in [3.63, 3.8) is 0 Å². The molecule has 0 atom stereocenters. The van der Waals surface area contributed by atoms with Gasteiger partial charge in [0.2, 0.25) is 0 Å². The molecule has 0 heterocycles. The molecule has 0 saturated carbocycles. The third-order valence-corrected chi connectivity index (χ3v) is 5.74. The second-order valence-corrected chi connectivity index (χ2v) is 9.39. The minimum absolute atomic E-state index is 0.201. The lowest BCUT2D eigenvalue weighted by molar-refractivity contribution is 0.307. The van der Waals surface area contributed by atoms with E-state index in [1.165, 1.54) is 83.5 Å². The third kappa shape index (κ3) is 21.6. The van der Waals surface area contributed by atoms with E-state index in [9.17, 15) is 8.42 Å². The van der Waals surface area contributed by atoms with Crippen LogP contribution in [0.1, 0.15) is 96.8 Å². The SMILES string of the molecule is C=CCN(CCCCCCCC/C=C\CCCCCCCC)CCS(=O)(=O)O. The van der Waals surface area contributed by atoms with Gasteiger partial charge in [0.1, 0.15) is 0 Å². The minimum Gasteiger partial charge on any atom is -0.299 e. The zero-order valence-corrected chi connectivity index (χ0v) is 19.1. The van der Waals surface area contributed by atoms with Gasteiger partial charge in [-0.15, -0.1) is 6.58 Å². The summed E-state index contributed by atoms with van der Waals surface area (Å²) < 4.78 is 30.6. The molecule has 0 saturated heterocycles. The van der Waals surface area contributed by atoms with Crippen LogP contribution in [0.15, 0.2) is 24.8 Å². The quantitative estimate of drug-likeness (QED) is 0.134. The van der Waals surface area contributed by atoms with Crippen LogP contribution >= 0.6 is 0 Å². The summed E-state index contributed by atoms with van der Waals surface area (Å²) in [6.45, 7) is 7.87. The highest BCUT2D eigenvalue weighted by molar-refractivity contribution is 7.85.